The molecule has 0 N–H and O–H groups in total. The van der Waals surface area contributed by atoms with E-state index in [1.165, 1.54) is 11.1 Å². The van der Waals surface area contributed by atoms with Crippen LogP contribution in [-0.2, 0) is 0 Å². The minimum atomic E-state index is 0. The molecular weight excluding hydrogens is 292 g/mol. The molecule has 0 amide bonds. The molecule has 3 rings (SSSR count). The molecule has 2 aromatic carbocycles. The fraction of sp³-hybridized carbons (Fsp3) is 0.211. The van der Waals surface area contributed by atoms with Gasteiger partial charge in [0.2, 0.25) is 6.33 Å². The van der Waals surface area contributed by atoms with Gasteiger partial charge < -0.3 is 12.4 Å². The Kier molecular flexibility index (Phi) is 5.40. The van der Waals surface area contributed by atoms with E-state index in [9.17, 15) is 0 Å². The number of hydrogen-bond acceptors (Lipinski definition) is 0. The molecule has 0 unspecified atom stereocenters. The average Bonchev–Trinajstić information content (AvgIpc) is 3.05. The summed E-state index contributed by atoms with van der Waals surface area (Å²) in [7, 11) is 0. The molecule has 0 fully saturated rings. The van der Waals surface area contributed by atoms with E-state index in [2.05, 4.69) is 102 Å². The van der Waals surface area contributed by atoms with Crippen LogP contribution in [0.15, 0.2) is 79.4 Å². The molecule has 114 valence electrons. The van der Waals surface area contributed by atoms with E-state index in [1.54, 1.807) is 0 Å². The monoisotopic (exact) mass is 312 g/mol. The van der Waals surface area contributed by atoms with Gasteiger partial charge in [-0.25, -0.2) is 9.13 Å². The third-order valence-corrected chi connectivity index (χ3v) is 4.14. The first-order chi connectivity index (χ1) is 10.3. The molecule has 2 atom stereocenters. The zero-order valence-corrected chi connectivity index (χ0v) is 13.7. The second kappa shape index (κ2) is 7.28. The minimum Gasteiger partial charge on any atom is -1.00 e. The molecule has 0 aliphatic heterocycles. The molecule has 0 aliphatic carbocycles. The van der Waals surface area contributed by atoms with Crippen LogP contribution in [0.3, 0.4) is 0 Å². The number of rotatable bonds is 4. The molecule has 3 heteroatoms. The van der Waals surface area contributed by atoms with Gasteiger partial charge in [0.25, 0.3) is 0 Å². The Morgan fingerprint density at radius 3 is 1.95 bits per heavy atom. The van der Waals surface area contributed by atoms with Gasteiger partial charge in [0.15, 0.2) is 0 Å². The van der Waals surface area contributed by atoms with Gasteiger partial charge in [-0.15, -0.1) is 0 Å². The predicted octanol–water partition coefficient (Wildman–Crippen LogP) is 0.998. The quantitative estimate of drug-likeness (QED) is 0.636. The van der Waals surface area contributed by atoms with E-state index < -0.39 is 0 Å². The standard InChI is InChI=1S/C19H21N2.ClH/c1-16(18-9-5-3-6-10-18)20-13-14-21(15-20)17(2)19-11-7-4-8-12-19;/h3-17H,1-2H3;1H/q+1;/p-1/t16-,17-;/m1./s1. The van der Waals surface area contributed by atoms with Crippen molar-refractivity contribution in [1.29, 1.82) is 0 Å². The lowest BCUT2D eigenvalue weighted by Gasteiger charge is -2.09. The highest BCUT2D eigenvalue weighted by molar-refractivity contribution is 5.19. The van der Waals surface area contributed by atoms with E-state index in [-0.39, 0.29) is 12.4 Å². The van der Waals surface area contributed by atoms with E-state index in [0.29, 0.717) is 12.1 Å². The molecule has 0 bridgehead atoms. The molecule has 0 aliphatic rings. The predicted molar refractivity (Wildman–Crippen MR) is 85.1 cm³/mol. The fourth-order valence-corrected chi connectivity index (χ4v) is 2.65. The SMILES string of the molecule is C[C@H](c1ccccc1)n1cc[n+]([C@H](C)c2ccccc2)c1.[Cl-]. The number of aromatic nitrogens is 2. The van der Waals surface area contributed by atoms with E-state index >= 15 is 0 Å². The molecule has 2 nitrogen and oxygen atoms in total. The second-order valence-electron chi connectivity index (χ2n) is 5.48. The lowest BCUT2D eigenvalue weighted by molar-refractivity contribution is -0.710. The Bertz CT molecular complexity index is 632. The molecule has 0 saturated heterocycles. The fourth-order valence-electron chi connectivity index (χ4n) is 2.65. The highest BCUT2D eigenvalue weighted by Gasteiger charge is 2.17. The lowest BCUT2D eigenvalue weighted by Crippen LogP contribution is -3.00. The molecule has 1 aromatic heterocycles. The molecule has 0 spiro atoms. The topological polar surface area (TPSA) is 8.81 Å². The van der Waals surface area contributed by atoms with Crippen molar-refractivity contribution in [2.45, 2.75) is 25.9 Å². The zero-order chi connectivity index (χ0) is 14.7. The molecular formula is C19H21ClN2. The van der Waals surface area contributed by atoms with E-state index in [1.807, 2.05) is 0 Å². The van der Waals surface area contributed by atoms with Gasteiger partial charge in [-0.2, -0.15) is 0 Å². The van der Waals surface area contributed by atoms with Gasteiger partial charge in [-0.3, -0.25) is 0 Å². The van der Waals surface area contributed by atoms with E-state index in [0.717, 1.165) is 0 Å². The van der Waals surface area contributed by atoms with Gasteiger partial charge >= 0.3 is 0 Å². The van der Waals surface area contributed by atoms with Gasteiger partial charge in [0.1, 0.15) is 24.5 Å². The average molecular weight is 313 g/mol. The van der Waals surface area contributed by atoms with Crippen molar-refractivity contribution < 1.29 is 17.0 Å². The smallest absolute Gasteiger partial charge is 0.244 e. The van der Waals surface area contributed by atoms with Gasteiger partial charge in [0, 0.05) is 0 Å². The van der Waals surface area contributed by atoms with Crippen LogP contribution in [0.2, 0.25) is 0 Å². The number of halogens is 1. The van der Waals surface area contributed by atoms with Crippen LogP contribution in [0, 0.1) is 0 Å². The van der Waals surface area contributed by atoms with Crippen LogP contribution >= 0.6 is 0 Å². The molecule has 0 radical (unpaired) electrons. The van der Waals surface area contributed by atoms with Crippen LogP contribution in [0.5, 0.6) is 0 Å². The van der Waals surface area contributed by atoms with Crippen molar-refractivity contribution in [3.05, 3.63) is 90.5 Å². The number of hydrogen-bond donors (Lipinski definition) is 0. The summed E-state index contributed by atoms with van der Waals surface area (Å²) in [5.41, 5.74) is 2.65. The summed E-state index contributed by atoms with van der Waals surface area (Å²) in [4.78, 5) is 0. The van der Waals surface area contributed by atoms with Crippen molar-refractivity contribution in [1.82, 2.24) is 4.57 Å². The first-order valence-electron chi connectivity index (χ1n) is 7.44. The summed E-state index contributed by atoms with van der Waals surface area (Å²) in [5, 5.41) is 0. The zero-order valence-electron chi connectivity index (χ0n) is 12.9. The molecule has 3 aromatic rings. The van der Waals surface area contributed by atoms with Crippen LogP contribution in [0.1, 0.15) is 37.1 Å². The van der Waals surface area contributed by atoms with Gasteiger partial charge in [-0.05, 0) is 25.0 Å². The van der Waals surface area contributed by atoms with Crippen molar-refractivity contribution >= 4 is 0 Å². The maximum atomic E-state index is 2.26. The molecule has 0 saturated carbocycles. The highest BCUT2D eigenvalue weighted by Crippen LogP contribution is 2.17. The summed E-state index contributed by atoms with van der Waals surface area (Å²) in [6.07, 6.45) is 6.49. The van der Waals surface area contributed by atoms with Crippen LogP contribution in [-0.4, -0.2) is 4.57 Å². The maximum absolute atomic E-state index is 2.26. The van der Waals surface area contributed by atoms with Crippen LogP contribution in [0.25, 0.3) is 0 Å². The normalized spacial score (nSPS) is 13.2. The van der Waals surface area contributed by atoms with Crippen molar-refractivity contribution in [3.8, 4) is 0 Å². The van der Waals surface area contributed by atoms with Crippen molar-refractivity contribution in [2.24, 2.45) is 0 Å². The number of imidazole rings is 1. The van der Waals surface area contributed by atoms with Gasteiger partial charge in [-0.1, -0.05) is 60.7 Å². The summed E-state index contributed by atoms with van der Waals surface area (Å²) in [5.74, 6) is 0. The lowest BCUT2D eigenvalue weighted by atomic mass is 10.1. The van der Waals surface area contributed by atoms with Crippen LogP contribution in [0.4, 0.5) is 0 Å². The number of benzene rings is 2. The number of nitrogens with zero attached hydrogens (tertiary/aromatic N) is 2. The first kappa shape index (κ1) is 16.3. The Balaban J connectivity index is 0.00000176. The van der Waals surface area contributed by atoms with Gasteiger partial charge in [0.05, 0.1) is 0 Å². The first-order valence-corrected chi connectivity index (χ1v) is 7.44. The van der Waals surface area contributed by atoms with E-state index in [4.69, 9.17) is 0 Å². The summed E-state index contributed by atoms with van der Waals surface area (Å²) < 4.78 is 4.52. The Morgan fingerprint density at radius 1 is 0.818 bits per heavy atom. The Hall–Kier alpha value is -2.06. The second-order valence-corrected chi connectivity index (χ2v) is 5.48. The third-order valence-electron chi connectivity index (χ3n) is 4.14. The maximum Gasteiger partial charge on any atom is 0.244 e. The van der Waals surface area contributed by atoms with Crippen molar-refractivity contribution in [2.75, 3.05) is 0 Å². The minimum absolute atomic E-state index is 0. The Morgan fingerprint density at radius 2 is 1.36 bits per heavy atom. The largest absolute Gasteiger partial charge is 1.00 e. The Labute approximate surface area is 138 Å². The summed E-state index contributed by atoms with van der Waals surface area (Å²) in [6, 6.07) is 21.9. The summed E-state index contributed by atoms with van der Waals surface area (Å²) in [6.45, 7) is 4.46. The molecule has 22 heavy (non-hydrogen) atoms. The highest BCUT2D eigenvalue weighted by atomic mass is 35.5. The summed E-state index contributed by atoms with van der Waals surface area (Å²) >= 11 is 0. The van der Waals surface area contributed by atoms with Crippen LogP contribution < -0.4 is 17.0 Å². The molecule has 1 heterocycles. The third kappa shape index (κ3) is 3.40. The van der Waals surface area contributed by atoms with Crippen molar-refractivity contribution in [3.63, 3.8) is 0 Å².